The smallest absolute Gasteiger partial charge is 0.330 e. The van der Waals surface area contributed by atoms with Gasteiger partial charge in [-0.25, -0.2) is 9.48 Å². The fraction of sp³-hybridized carbons (Fsp3) is 0.200. The van der Waals surface area contributed by atoms with Crippen LogP contribution in [-0.2, 0) is 16.1 Å². The van der Waals surface area contributed by atoms with Gasteiger partial charge in [0.15, 0.2) is 17.5 Å². The number of hydrogen-bond acceptors (Lipinski definition) is 6. The summed E-state index contributed by atoms with van der Waals surface area (Å²) >= 11 is 0. The number of rotatable bonds is 7. The van der Waals surface area contributed by atoms with Gasteiger partial charge in [0, 0.05) is 5.39 Å². The molecule has 3 aromatic rings. The molecule has 29 heavy (non-hydrogen) atoms. The molecule has 0 aliphatic rings. The van der Waals surface area contributed by atoms with Crippen molar-refractivity contribution in [3.63, 3.8) is 0 Å². The van der Waals surface area contributed by atoms with E-state index in [-0.39, 0.29) is 11.1 Å². The van der Waals surface area contributed by atoms with Crippen molar-refractivity contribution in [3.8, 4) is 11.5 Å². The number of aliphatic carboxylic acids is 1. The van der Waals surface area contributed by atoms with Gasteiger partial charge in [0.2, 0.25) is 5.91 Å². The zero-order valence-corrected chi connectivity index (χ0v) is 15.8. The van der Waals surface area contributed by atoms with Crippen molar-refractivity contribution in [2.24, 2.45) is 0 Å². The van der Waals surface area contributed by atoms with Gasteiger partial charge in [0.05, 0.1) is 25.8 Å². The van der Waals surface area contributed by atoms with E-state index in [4.69, 9.17) is 9.47 Å². The molecular formula is C20H19N3O6. The van der Waals surface area contributed by atoms with Gasteiger partial charge in [-0.1, -0.05) is 30.3 Å². The molecule has 0 unspecified atom stereocenters. The van der Waals surface area contributed by atoms with Crippen LogP contribution in [0.2, 0.25) is 0 Å². The predicted octanol–water partition coefficient (Wildman–Crippen LogP) is 1.36. The SMILES string of the molecule is COc1ccc2cnn(CC(=O)N[C@@H](C(=O)O)c3ccccc3)c(=O)c2c1OC. The van der Waals surface area contributed by atoms with Gasteiger partial charge in [-0.05, 0) is 17.7 Å². The van der Waals surface area contributed by atoms with Crippen molar-refractivity contribution in [2.75, 3.05) is 14.2 Å². The van der Waals surface area contributed by atoms with E-state index in [0.29, 0.717) is 16.7 Å². The molecule has 2 N–H and O–H groups in total. The number of nitrogens with zero attached hydrogens (tertiary/aromatic N) is 2. The molecule has 0 fully saturated rings. The first kappa shape index (κ1) is 19.9. The Morgan fingerprint density at radius 3 is 2.48 bits per heavy atom. The molecule has 0 saturated carbocycles. The van der Waals surface area contributed by atoms with Gasteiger partial charge in [0.25, 0.3) is 5.56 Å². The largest absolute Gasteiger partial charge is 0.493 e. The number of hydrogen-bond donors (Lipinski definition) is 2. The third-order valence-electron chi connectivity index (χ3n) is 4.34. The molecule has 9 nitrogen and oxygen atoms in total. The first-order valence-electron chi connectivity index (χ1n) is 8.64. The van der Waals surface area contributed by atoms with Crippen molar-refractivity contribution in [1.29, 1.82) is 0 Å². The topological polar surface area (TPSA) is 120 Å². The highest BCUT2D eigenvalue weighted by atomic mass is 16.5. The zero-order valence-electron chi connectivity index (χ0n) is 15.8. The van der Waals surface area contributed by atoms with Gasteiger partial charge in [-0.15, -0.1) is 0 Å². The second-order valence-corrected chi connectivity index (χ2v) is 6.12. The second-order valence-electron chi connectivity index (χ2n) is 6.12. The van der Waals surface area contributed by atoms with Gasteiger partial charge in [-0.3, -0.25) is 9.59 Å². The molecule has 2 aromatic carbocycles. The molecule has 9 heteroatoms. The molecule has 0 aliphatic carbocycles. The van der Waals surface area contributed by atoms with Crippen LogP contribution in [0, 0.1) is 0 Å². The van der Waals surface area contributed by atoms with Crippen molar-refractivity contribution >= 4 is 22.6 Å². The van der Waals surface area contributed by atoms with E-state index in [1.807, 2.05) is 0 Å². The van der Waals surface area contributed by atoms with E-state index >= 15 is 0 Å². The van der Waals surface area contributed by atoms with E-state index in [1.54, 1.807) is 42.5 Å². The number of amides is 1. The first-order valence-corrected chi connectivity index (χ1v) is 8.64. The maximum absolute atomic E-state index is 12.9. The molecule has 1 heterocycles. The monoisotopic (exact) mass is 397 g/mol. The Labute approximate surface area is 165 Å². The predicted molar refractivity (Wildman–Crippen MR) is 104 cm³/mol. The lowest BCUT2D eigenvalue weighted by Crippen LogP contribution is -2.38. The highest BCUT2D eigenvalue weighted by Gasteiger charge is 2.23. The minimum Gasteiger partial charge on any atom is -0.493 e. The highest BCUT2D eigenvalue weighted by molar-refractivity contribution is 5.90. The standard InChI is InChI=1S/C20H19N3O6/c1-28-14-9-8-13-10-21-23(19(25)16(13)18(14)29-2)11-15(24)22-17(20(26)27)12-6-4-3-5-7-12/h3-10,17H,11H2,1-2H3,(H,22,24)(H,26,27)/t17-/m1/s1. The van der Waals surface area contributed by atoms with Gasteiger partial charge in [0.1, 0.15) is 6.54 Å². The summed E-state index contributed by atoms with van der Waals surface area (Å²) < 4.78 is 11.5. The Hall–Kier alpha value is -3.88. The molecule has 1 amide bonds. The lowest BCUT2D eigenvalue weighted by molar-refractivity contribution is -0.142. The molecule has 150 valence electrons. The van der Waals surface area contributed by atoms with Crippen LogP contribution >= 0.6 is 0 Å². The summed E-state index contributed by atoms with van der Waals surface area (Å²) in [4.78, 5) is 36.9. The number of methoxy groups -OCH3 is 2. The maximum Gasteiger partial charge on any atom is 0.330 e. The molecule has 0 radical (unpaired) electrons. The van der Waals surface area contributed by atoms with Crippen molar-refractivity contribution < 1.29 is 24.2 Å². The summed E-state index contributed by atoms with van der Waals surface area (Å²) in [6.07, 6.45) is 1.43. The van der Waals surface area contributed by atoms with E-state index in [1.165, 1.54) is 20.4 Å². The molecule has 1 atom stereocenters. The van der Waals surface area contributed by atoms with Crippen molar-refractivity contribution in [3.05, 3.63) is 64.6 Å². The number of ether oxygens (including phenoxy) is 2. The second kappa shape index (κ2) is 8.42. The Bertz CT molecular complexity index is 1110. The van der Waals surface area contributed by atoms with Crippen LogP contribution in [0.15, 0.2) is 53.5 Å². The summed E-state index contributed by atoms with van der Waals surface area (Å²) in [7, 11) is 2.86. The molecule has 3 rings (SSSR count). The summed E-state index contributed by atoms with van der Waals surface area (Å²) in [6, 6.07) is 10.3. The van der Waals surface area contributed by atoms with Crippen molar-refractivity contribution in [2.45, 2.75) is 12.6 Å². The van der Waals surface area contributed by atoms with Crippen LogP contribution in [-0.4, -0.2) is 41.0 Å². The average molecular weight is 397 g/mol. The van der Waals surface area contributed by atoms with Crippen LogP contribution in [0.5, 0.6) is 11.5 Å². The fourth-order valence-electron chi connectivity index (χ4n) is 2.97. The molecule has 0 spiro atoms. The molecule has 1 aromatic heterocycles. The van der Waals surface area contributed by atoms with Crippen LogP contribution in [0.4, 0.5) is 0 Å². The molecular weight excluding hydrogens is 378 g/mol. The molecule has 0 bridgehead atoms. The zero-order chi connectivity index (χ0) is 21.0. The van der Waals surface area contributed by atoms with Crippen molar-refractivity contribution in [1.82, 2.24) is 15.1 Å². The van der Waals surface area contributed by atoms with Gasteiger partial charge < -0.3 is 19.9 Å². The number of aromatic nitrogens is 2. The third kappa shape index (κ3) is 4.03. The summed E-state index contributed by atoms with van der Waals surface area (Å²) in [5, 5.41) is 16.6. The first-order chi connectivity index (χ1) is 14.0. The van der Waals surface area contributed by atoms with Crippen LogP contribution < -0.4 is 20.3 Å². The Balaban J connectivity index is 1.91. The van der Waals surface area contributed by atoms with Gasteiger partial charge >= 0.3 is 5.97 Å². The quantitative estimate of drug-likeness (QED) is 0.618. The Kier molecular flexibility index (Phi) is 5.77. The van der Waals surface area contributed by atoms with Crippen LogP contribution in [0.3, 0.4) is 0 Å². The minimum absolute atomic E-state index is 0.215. The normalized spacial score (nSPS) is 11.7. The van der Waals surface area contributed by atoms with Crippen LogP contribution in [0.25, 0.3) is 10.8 Å². The number of fused-ring (bicyclic) bond motifs is 1. The maximum atomic E-state index is 12.9. The number of nitrogens with one attached hydrogen (secondary N) is 1. The van der Waals surface area contributed by atoms with E-state index in [0.717, 1.165) is 4.68 Å². The van der Waals surface area contributed by atoms with Crippen LogP contribution in [0.1, 0.15) is 11.6 Å². The number of carboxylic acid groups (broad SMARTS) is 1. The average Bonchev–Trinajstić information content (AvgIpc) is 2.73. The lowest BCUT2D eigenvalue weighted by Gasteiger charge is -2.15. The number of carbonyl (C=O) groups is 2. The van der Waals surface area contributed by atoms with E-state index in [2.05, 4.69) is 10.4 Å². The minimum atomic E-state index is -1.24. The molecule has 0 saturated heterocycles. The summed E-state index contributed by atoms with van der Waals surface area (Å²) in [6.45, 7) is -0.453. The summed E-state index contributed by atoms with van der Waals surface area (Å²) in [5.41, 5.74) is -0.140. The Morgan fingerprint density at radius 2 is 1.86 bits per heavy atom. The Morgan fingerprint density at radius 1 is 1.14 bits per heavy atom. The number of benzene rings is 2. The number of carbonyl (C=O) groups excluding carboxylic acids is 1. The number of carboxylic acids is 1. The van der Waals surface area contributed by atoms with E-state index in [9.17, 15) is 19.5 Å². The summed E-state index contributed by atoms with van der Waals surface area (Å²) in [5.74, 6) is -1.28. The fourth-order valence-corrected chi connectivity index (χ4v) is 2.97. The molecule has 0 aliphatic heterocycles. The van der Waals surface area contributed by atoms with E-state index < -0.39 is 30.0 Å². The third-order valence-corrected chi connectivity index (χ3v) is 4.34. The van der Waals surface area contributed by atoms with Gasteiger partial charge in [-0.2, -0.15) is 5.10 Å². The highest BCUT2D eigenvalue weighted by Crippen LogP contribution is 2.32. The lowest BCUT2D eigenvalue weighted by atomic mass is 10.1.